The fraction of sp³-hybridized carbons (Fsp3) is 0.476. The van der Waals surface area contributed by atoms with E-state index in [-0.39, 0.29) is 17.2 Å². The number of carbonyl (C=O) groups excluding carboxylic acids is 1. The number of amides is 1. The van der Waals surface area contributed by atoms with E-state index < -0.39 is 5.60 Å². The summed E-state index contributed by atoms with van der Waals surface area (Å²) in [5.41, 5.74) is 1.85. The number of hydrogen-bond acceptors (Lipinski definition) is 5. The molecule has 1 aromatic heterocycles. The van der Waals surface area contributed by atoms with Crippen LogP contribution in [0.15, 0.2) is 41.2 Å². The Morgan fingerprint density at radius 1 is 1.11 bits per heavy atom. The molecule has 4 rings (SSSR count). The van der Waals surface area contributed by atoms with E-state index in [1.807, 2.05) is 0 Å². The first-order valence-corrected chi connectivity index (χ1v) is 9.89. The number of rotatable bonds is 3. The van der Waals surface area contributed by atoms with Crippen LogP contribution in [0.5, 0.6) is 0 Å². The third-order valence-corrected chi connectivity index (χ3v) is 5.83. The zero-order valence-electron chi connectivity index (χ0n) is 15.9. The summed E-state index contributed by atoms with van der Waals surface area (Å²) in [7, 11) is 0. The van der Waals surface area contributed by atoms with Crippen molar-refractivity contribution in [2.75, 3.05) is 26.2 Å². The molecule has 2 N–H and O–H groups in total. The third-order valence-electron chi connectivity index (χ3n) is 5.83. The SMILES string of the molecule is O=C(c1ccc(=O)[nH]n1)N1CCCC(O)(CN2CCc3ccccc3C2)CC1. The molecular weight excluding hydrogens is 356 g/mol. The molecule has 1 unspecified atom stereocenters. The quantitative estimate of drug-likeness (QED) is 0.832. The maximum atomic E-state index is 12.7. The van der Waals surface area contributed by atoms with E-state index in [9.17, 15) is 14.7 Å². The molecule has 2 aliphatic rings. The van der Waals surface area contributed by atoms with Gasteiger partial charge >= 0.3 is 0 Å². The highest BCUT2D eigenvalue weighted by Crippen LogP contribution is 2.27. The predicted octanol–water partition coefficient (Wildman–Crippen LogP) is 1.19. The number of fused-ring (bicyclic) bond motifs is 1. The molecule has 7 nitrogen and oxygen atoms in total. The van der Waals surface area contributed by atoms with Gasteiger partial charge in [-0.3, -0.25) is 14.5 Å². The second-order valence-electron chi connectivity index (χ2n) is 7.91. The van der Waals surface area contributed by atoms with Crippen molar-refractivity contribution in [3.63, 3.8) is 0 Å². The van der Waals surface area contributed by atoms with Crippen LogP contribution < -0.4 is 5.56 Å². The van der Waals surface area contributed by atoms with Gasteiger partial charge < -0.3 is 10.0 Å². The van der Waals surface area contributed by atoms with Gasteiger partial charge in [0, 0.05) is 38.8 Å². The van der Waals surface area contributed by atoms with Crippen LogP contribution >= 0.6 is 0 Å². The molecule has 2 aliphatic heterocycles. The highest BCUT2D eigenvalue weighted by Gasteiger charge is 2.34. The van der Waals surface area contributed by atoms with E-state index in [0.717, 1.165) is 25.9 Å². The average Bonchev–Trinajstić information content (AvgIpc) is 2.89. The number of hydrogen-bond donors (Lipinski definition) is 2. The largest absolute Gasteiger partial charge is 0.388 e. The minimum atomic E-state index is -0.792. The molecule has 1 atom stereocenters. The summed E-state index contributed by atoms with van der Waals surface area (Å²) < 4.78 is 0. The van der Waals surface area contributed by atoms with Crippen molar-refractivity contribution in [1.29, 1.82) is 0 Å². The van der Waals surface area contributed by atoms with E-state index >= 15 is 0 Å². The summed E-state index contributed by atoms with van der Waals surface area (Å²) in [6.07, 6.45) is 2.97. The molecular formula is C21H26N4O3. The van der Waals surface area contributed by atoms with Crippen molar-refractivity contribution in [1.82, 2.24) is 20.0 Å². The van der Waals surface area contributed by atoms with Gasteiger partial charge in [0.1, 0.15) is 5.69 Å². The number of nitrogens with zero attached hydrogens (tertiary/aromatic N) is 3. The third kappa shape index (κ3) is 4.15. The molecule has 0 aliphatic carbocycles. The second kappa shape index (κ2) is 7.85. The maximum absolute atomic E-state index is 12.7. The fourth-order valence-electron chi connectivity index (χ4n) is 4.27. The van der Waals surface area contributed by atoms with E-state index in [1.165, 1.54) is 23.3 Å². The van der Waals surface area contributed by atoms with Gasteiger partial charge in [0.05, 0.1) is 5.60 Å². The van der Waals surface area contributed by atoms with Gasteiger partial charge in [0.25, 0.3) is 11.5 Å². The van der Waals surface area contributed by atoms with E-state index in [4.69, 9.17) is 0 Å². The second-order valence-corrected chi connectivity index (χ2v) is 7.91. The number of aromatic nitrogens is 2. The zero-order chi connectivity index (χ0) is 19.6. The molecule has 1 fully saturated rings. The highest BCUT2D eigenvalue weighted by atomic mass is 16.3. The number of benzene rings is 1. The smallest absolute Gasteiger partial charge is 0.274 e. The van der Waals surface area contributed by atoms with Gasteiger partial charge in [-0.1, -0.05) is 24.3 Å². The topological polar surface area (TPSA) is 89.5 Å². The molecule has 2 aromatic rings. The van der Waals surface area contributed by atoms with Crippen molar-refractivity contribution >= 4 is 5.91 Å². The summed E-state index contributed by atoms with van der Waals surface area (Å²) >= 11 is 0. The molecule has 1 aromatic carbocycles. The lowest BCUT2D eigenvalue weighted by atomic mass is 9.92. The van der Waals surface area contributed by atoms with Crippen LogP contribution in [0.4, 0.5) is 0 Å². The molecule has 1 saturated heterocycles. The van der Waals surface area contributed by atoms with Crippen LogP contribution in [-0.2, 0) is 13.0 Å². The van der Waals surface area contributed by atoms with Crippen molar-refractivity contribution in [2.45, 2.75) is 37.8 Å². The number of aliphatic hydroxyl groups is 1. The van der Waals surface area contributed by atoms with Crippen molar-refractivity contribution < 1.29 is 9.90 Å². The maximum Gasteiger partial charge on any atom is 0.274 e. The Balaban J connectivity index is 1.38. The molecule has 0 bridgehead atoms. The Bertz CT molecular complexity index is 892. The van der Waals surface area contributed by atoms with Crippen LogP contribution in [0.2, 0.25) is 0 Å². The first-order valence-electron chi connectivity index (χ1n) is 9.89. The Kier molecular flexibility index (Phi) is 5.28. The minimum absolute atomic E-state index is 0.201. The molecule has 0 saturated carbocycles. The summed E-state index contributed by atoms with van der Waals surface area (Å²) in [6, 6.07) is 11.2. The van der Waals surface area contributed by atoms with Gasteiger partial charge in [-0.25, -0.2) is 5.10 Å². The zero-order valence-corrected chi connectivity index (χ0v) is 15.9. The molecule has 148 valence electrons. The lowest BCUT2D eigenvalue weighted by Gasteiger charge is -2.36. The first-order chi connectivity index (χ1) is 13.5. The lowest BCUT2D eigenvalue weighted by Crippen LogP contribution is -2.45. The normalized spacial score (nSPS) is 23.1. The Labute approximate surface area is 164 Å². The number of nitrogens with one attached hydrogen (secondary N) is 1. The lowest BCUT2D eigenvalue weighted by molar-refractivity contribution is -0.0118. The molecule has 3 heterocycles. The number of aromatic amines is 1. The van der Waals surface area contributed by atoms with Crippen molar-refractivity contribution in [3.05, 3.63) is 63.6 Å². The number of likely N-dealkylation sites (tertiary alicyclic amines) is 1. The predicted molar refractivity (Wildman–Crippen MR) is 105 cm³/mol. The highest BCUT2D eigenvalue weighted by molar-refractivity contribution is 5.92. The molecule has 7 heteroatoms. The van der Waals surface area contributed by atoms with Gasteiger partial charge in [0.15, 0.2) is 0 Å². The number of H-pyrrole nitrogens is 1. The summed E-state index contributed by atoms with van der Waals surface area (Å²) in [5.74, 6) is -0.201. The fourth-order valence-corrected chi connectivity index (χ4v) is 4.27. The minimum Gasteiger partial charge on any atom is -0.388 e. The van der Waals surface area contributed by atoms with Crippen LogP contribution in [-0.4, -0.2) is 62.8 Å². The van der Waals surface area contributed by atoms with Gasteiger partial charge in [0.2, 0.25) is 0 Å². The summed E-state index contributed by atoms with van der Waals surface area (Å²) in [6.45, 7) is 3.51. The van der Waals surface area contributed by atoms with Crippen molar-refractivity contribution in [2.24, 2.45) is 0 Å². The van der Waals surface area contributed by atoms with E-state index in [1.54, 1.807) is 4.90 Å². The Hall–Kier alpha value is -2.51. The monoisotopic (exact) mass is 382 g/mol. The van der Waals surface area contributed by atoms with E-state index in [0.29, 0.717) is 32.5 Å². The van der Waals surface area contributed by atoms with Gasteiger partial charge in [-0.2, -0.15) is 5.10 Å². The van der Waals surface area contributed by atoms with Crippen LogP contribution in [0.3, 0.4) is 0 Å². The first kappa shape index (κ1) is 18.8. The van der Waals surface area contributed by atoms with Gasteiger partial charge in [-0.15, -0.1) is 0 Å². The van der Waals surface area contributed by atoms with Gasteiger partial charge in [-0.05, 0) is 42.9 Å². The number of carbonyl (C=O) groups is 1. The van der Waals surface area contributed by atoms with Crippen LogP contribution in [0.25, 0.3) is 0 Å². The Morgan fingerprint density at radius 2 is 1.93 bits per heavy atom. The van der Waals surface area contributed by atoms with E-state index in [2.05, 4.69) is 39.4 Å². The number of β-amino-alcohol motifs (C(OH)–C–C–N with tert-alkyl or cyclic N) is 1. The van der Waals surface area contributed by atoms with Crippen LogP contribution in [0, 0.1) is 0 Å². The summed E-state index contributed by atoms with van der Waals surface area (Å²) in [5, 5.41) is 17.4. The standard InChI is InChI=1S/C21H26N4O3/c26-19-7-6-18(22-23-19)20(27)25-11-3-9-21(28,10-13-25)15-24-12-8-16-4-1-2-5-17(16)14-24/h1-2,4-7,28H,3,8-15H2,(H,23,26). The Morgan fingerprint density at radius 3 is 2.71 bits per heavy atom. The molecule has 0 spiro atoms. The molecule has 1 amide bonds. The van der Waals surface area contributed by atoms with Crippen LogP contribution in [0.1, 0.15) is 40.9 Å². The van der Waals surface area contributed by atoms with Crippen molar-refractivity contribution in [3.8, 4) is 0 Å². The molecule has 28 heavy (non-hydrogen) atoms. The summed E-state index contributed by atoms with van der Waals surface area (Å²) in [4.78, 5) is 27.8. The average molecular weight is 382 g/mol. The molecule has 0 radical (unpaired) electrons.